The van der Waals surface area contributed by atoms with Crippen LogP contribution in [-0.4, -0.2) is 33.9 Å². The molecule has 1 aliphatic heterocycles. The van der Waals surface area contributed by atoms with Crippen molar-refractivity contribution in [3.63, 3.8) is 0 Å². The predicted molar refractivity (Wildman–Crippen MR) is 75.9 cm³/mol. The van der Waals surface area contributed by atoms with Crippen LogP contribution in [0.1, 0.15) is 12.8 Å². The van der Waals surface area contributed by atoms with Gasteiger partial charge in [-0.3, -0.25) is 0 Å². The number of benzene rings is 1. The van der Waals surface area contributed by atoms with Crippen LogP contribution in [-0.2, 0) is 0 Å². The van der Waals surface area contributed by atoms with Gasteiger partial charge in [-0.05, 0) is 37.6 Å². The van der Waals surface area contributed by atoms with Gasteiger partial charge < -0.3 is 10.6 Å². The fourth-order valence-corrected chi connectivity index (χ4v) is 2.52. The summed E-state index contributed by atoms with van der Waals surface area (Å²) in [7, 11) is 0. The molecule has 1 unspecified atom stereocenters. The highest BCUT2D eigenvalue weighted by Gasteiger charge is 2.14. The molecule has 1 atom stereocenters. The van der Waals surface area contributed by atoms with Crippen molar-refractivity contribution in [2.75, 3.05) is 18.4 Å². The molecule has 1 aliphatic rings. The Balaban J connectivity index is 1.80. The Hall–Kier alpha value is -1.59. The van der Waals surface area contributed by atoms with Gasteiger partial charge in [-0.1, -0.05) is 11.6 Å². The van der Waals surface area contributed by atoms with Crippen LogP contribution in [0, 0.1) is 0 Å². The zero-order valence-corrected chi connectivity index (χ0v) is 11.3. The van der Waals surface area contributed by atoms with Crippen molar-refractivity contribution in [2.45, 2.75) is 18.9 Å². The van der Waals surface area contributed by atoms with E-state index in [-0.39, 0.29) is 0 Å². The Morgan fingerprint density at radius 1 is 1.47 bits per heavy atom. The highest BCUT2D eigenvalue weighted by atomic mass is 35.5. The lowest BCUT2D eigenvalue weighted by atomic mass is 10.2. The second-order valence-corrected chi connectivity index (χ2v) is 5.11. The fraction of sp³-hybridized carbons (Fsp3) is 0.385. The van der Waals surface area contributed by atoms with Gasteiger partial charge in [0.25, 0.3) is 0 Å². The minimum atomic E-state index is 0.530. The fourth-order valence-electron chi connectivity index (χ4n) is 2.35. The number of nitrogens with one attached hydrogen (secondary N) is 2. The Labute approximate surface area is 117 Å². The Morgan fingerprint density at radius 2 is 2.42 bits per heavy atom. The van der Waals surface area contributed by atoms with E-state index in [4.69, 9.17) is 11.6 Å². The van der Waals surface area contributed by atoms with Gasteiger partial charge in [0, 0.05) is 17.6 Å². The Bertz CT molecular complexity index is 534. The lowest BCUT2D eigenvalue weighted by Gasteiger charge is -2.15. The summed E-state index contributed by atoms with van der Waals surface area (Å²) in [6, 6.07) is 6.26. The Morgan fingerprint density at radius 3 is 3.16 bits per heavy atom. The number of rotatable bonds is 4. The number of hydrogen-bond acceptors (Lipinski definition) is 4. The number of halogens is 1. The Kier molecular flexibility index (Phi) is 3.66. The average Bonchev–Trinajstić information content (AvgIpc) is 3.10. The summed E-state index contributed by atoms with van der Waals surface area (Å²) < 4.78 is 1.74. The number of nitrogens with zero attached hydrogens (tertiary/aromatic N) is 3. The number of hydrogen-bond donors (Lipinski definition) is 2. The molecule has 6 heteroatoms. The van der Waals surface area contributed by atoms with Crippen LogP contribution in [0.25, 0.3) is 5.69 Å². The minimum Gasteiger partial charge on any atom is -0.382 e. The van der Waals surface area contributed by atoms with Crippen LogP contribution in [0.3, 0.4) is 0 Å². The monoisotopic (exact) mass is 277 g/mol. The predicted octanol–water partition coefficient (Wildman–Crippen LogP) is 2.08. The van der Waals surface area contributed by atoms with Crippen molar-refractivity contribution >= 4 is 17.3 Å². The molecule has 1 saturated heterocycles. The van der Waals surface area contributed by atoms with Crippen molar-refractivity contribution < 1.29 is 0 Å². The smallest absolute Gasteiger partial charge is 0.138 e. The molecule has 0 radical (unpaired) electrons. The molecule has 0 saturated carbocycles. The first-order chi connectivity index (χ1) is 9.33. The topological polar surface area (TPSA) is 54.8 Å². The standard InChI is InChI=1S/C13H16ClN5/c14-10-3-4-13(19-9-15-8-18-19)12(6-10)17-7-11-2-1-5-16-11/h3-4,6,8-9,11,16-17H,1-2,5,7H2. The van der Waals surface area contributed by atoms with E-state index in [1.807, 2.05) is 18.2 Å². The average molecular weight is 278 g/mol. The van der Waals surface area contributed by atoms with Gasteiger partial charge in [0.15, 0.2) is 0 Å². The third kappa shape index (κ3) is 2.88. The highest BCUT2D eigenvalue weighted by Crippen LogP contribution is 2.24. The van der Waals surface area contributed by atoms with E-state index in [2.05, 4.69) is 20.7 Å². The van der Waals surface area contributed by atoms with Gasteiger partial charge in [0.05, 0.1) is 11.4 Å². The minimum absolute atomic E-state index is 0.530. The molecule has 0 spiro atoms. The lowest BCUT2D eigenvalue weighted by molar-refractivity contribution is 0.633. The van der Waals surface area contributed by atoms with Gasteiger partial charge >= 0.3 is 0 Å². The summed E-state index contributed by atoms with van der Waals surface area (Å²) in [5, 5.41) is 11.8. The van der Waals surface area contributed by atoms with E-state index in [0.29, 0.717) is 11.1 Å². The van der Waals surface area contributed by atoms with Gasteiger partial charge in [-0.2, -0.15) is 5.10 Å². The molecule has 2 N–H and O–H groups in total. The largest absolute Gasteiger partial charge is 0.382 e. The molecule has 2 aromatic rings. The molecule has 0 bridgehead atoms. The van der Waals surface area contributed by atoms with Crippen LogP contribution in [0.5, 0.6) is 0 Å². The zero-order chi connectivity index (χ0) is 13.1. The molecule has 2 heterocycles. The SMILES string of the molecule is Clc1ccc(-n2cncn2)c(NCC2CCCN2)c1. The quantitative estimate of drug-likeness (QED) is 0.898. The maximum Gasteiger partial charge on any atom is 0.138 e. The maximum atomic E-state index is 6.07. The van der Waals surface area contributed by atoms with E-state index >= 15 is 0 Å². The maximum absolute atomic E-state index is 6.07. The molecular weight excluding hydrogens is 262 g/mol. The third-order valence-electron chi connectivity index (χ3n) is 3.33. The van der Waals surface area contributed by atoms with Crippen molar-refractivity contribution in [1.29, 1.82) is 0 Å². The molecular formula is C13H16ClN5. The summed E-state index contributed by atoms with van der Waals surface area (Å²) in [6.07, 6.45) is 5.67. The summed E-state index contributed by atoms with van der Waals surface area (Å²) in [6.45, 7) is 2.00. The molecule has 1 aromatic carbocycles. The van der Waals surface area contributed by atoms with E-state index < -0.39 is 0 Å². The summed E-state index contributed by atoms with van der Waals surface area (Å²) in [4.78, 5) is 3.98. The molecule has 1 fully saturated rings. The van der Waals surface area contributed by atoms with E-state index in [0.717, 1.165) is 24.5 Å². The van der Waals surface area contributed by atoms with Crippen LogP contribution in [0.2, 0.25) is 5.02 Å². The summed E-state index contributed by atoms with van der Waals surface area (Å²) in [5.41, 5.74) is 1.94. The van der Waals surface area contributed by atoms with Crippen molar-refractivity contribution in [3.8, 4) is 5.69 Å². The molecule has 0 amide bonds. The van der Waals surface area contributed by atoms with Crippen molar-refractivity contribution in [1.82, 2.24) is 20.1 Å². The van der Waals surface area contributed by atoms with Crippen LogP contribution >= 0.6 is 11.6 Å². The molecule has 1 aromatic heterocycles. The van der Waals surface area contributed by atoms with Crippen LogP contribution < -0.4 is 10.6 Å². The molecule has 3 rings (SSSR count). The van der Waals surface area contributed by atoms with Crippen molar-refractivity contribution in [2.24, 2.45) is 0 Å². The first-order valence-electron chi connectivity index (χ1n) is 6.45. The molecule has 100 valence electrons. The van der Waals surface area contributed by atoms with E-state index in [9.17, 15) is 0 Å². The van der Waals surface area contributed by atoms with Crippen molar-refractivity contribution in [3.05, 3.63) is 35.9 Å². The number of aromatic nitrogens is 3. The zero-order valence-electron chi connectivity index (χ0n) is 10.5. The van der Waals surface area contributed by atoms with Gasteiger partial charge in [0.1, 0.15) is 12.7 Å². The van der Waals surface area contributed by atoms with Crippen LogP contribution in [0.15, 0.2) is 30.9 Å². The normalized spacial score (nSPS) is 18.7. The molecule has 19 heavy (non-hydrogen) atoms. The first-order valence-corrected chi connectivity index (χ1v) is 6.82. The van der Waals surface area contributed by atoms with E-state index in [1.54, 1.807) is 11.0 Å². The second-order valence-electron chi connectivity index (χ2n) is 4.68. The first kappa shape index (κ1) is 12.4. The van der Waals surface area contributed by atoms with Crippen LogP contribution in [0.4, 0.5) is 5.69 Å². The summed E-state index contributed by atoms with van der Waals surface area (Å²) in [5.74, 6) is 0. The lowest BCUT2D eigenvalue weighted by Crippen LogP contribution is -2.29. The van der Waals surface area contributed by atoms with Gasteiger partial charge in [0.2, 0.25) is 0 Å². The highest BCUT2D eigenvalue weighted by molar-refractivity contribution is 6.31. The second kappa shape index (κ2) is 5.59. The summed E-state index contributed by atoms with van der Waals surface area (Å²) >= 11 is 6.07. The molecule has 5 nitrogen and oxygen atoms in total. The van der Waals surface area contributed by atoms with E-state index in [1.165, 1.54) is 19.2 Å². The van der Waals surface area contributed by atoms with Gasteiger partial charge in [-0.25, -0.2) is 9.67 Å². The van der Waals surface area contributed by atoms with Gasteiger partial charge in [-0.15, -0.1) is 0 Å². The number of anilines is 1. The third-order valence-corrected chi connectivity index (χ3v) is 3.56. The molecule has 0 aliphatic carbocycles.